The van der Waals surface area contributed by atoms with Gasteiger partial charge in [-0.15, -0.1) is 0 Å². The van der Waals surface area contributed by atoms with Crippen molar-refractivity contribution in [3.05, 3.63) is 35.9 Å². The molecule has 0 fully saturated rings. The fourth-order valence-electron chi connectivity index (χ4n) is 0.934. The van der Waals surface area contributed by atoms with Gasteiger partial charge in [-0.25, -0.2) is 13.2 Å². The van der Waals surface area contributed by atoms with Crippen LogP contribution in [0.15, 0.2) is 30.3 Å². The van der Waals surface area contributed by atoms with E-state index in [1.54, 1.807) is 6.07 Å². The summed E-state index contributed by atoms with van der Waals surface area (Å²) in [5.74, 6) is -6.69. The molecule has 1 atom stereocenters. The lowest BCUT2D eigenvalue weighted by Crippen LogP contribution is -2.47. The fourth-order valence-corrected chi connectivity index (χ4v) is 0.934. The van der Waals surface area contributed by atoms with Crippen molar-refractivity contribution in [3.8, 4) is 0 Å². The average Bonchev–Trinajstić information content (AvgIpc) is 2.04. The fraction of sp³-hybridized carbons (Fsp3) is 0.333. The van der Waals surface area contributed by atoms with Gasteiger partial charge in [-0.2, -0.15) is 0 Å². The van der Waals surface area contributed by atoms with Crippen molar-refractivity contribution < 1.29 is 13.2 Å². The molecular formula is C9H10F3N. The van der Waals surface area contributed by atoms with E-state index >= 15 is 0 Å². The minimum atomic E-state index is -3.59. The minimum Gasteiger partial charge on any atom is -0.290 e. The Balaban J connectivity index is 3.08. The number of hydrogen-bond donors (Lipinski definition) is 1. The third kappa shape index (κ3) is 1.83. The van der Waals surface area contributed by atoms with Gasteiger partial charge in [0.25, 0.3) is 5.92 Å². The zero-order chi connectivity index (χ0) is 10.1. The van der Waals surface area contributed by atoms with E-state index < -0.39 is 11.7 Å². The smallest absolute Gasteiger partial charge is 0.290 e. The van der Waals surface area contributed by atoms with E-state index in [2.05, 4.69) is 0 Å². The summed E-state index contributed by atoms with van der Waals surface area (Å²) in [4.78, 5) is 0. The first-order valence-electron chi connectivity index (χ1n) is 3.77. The highest BCUT2D eigenvalue weighted by Crippen LogP contribution is 2.35. The number of hydrogen-bond acceptors (Lipinski definition) is 1. The SMILES string of the molecule is CC(F)(F)C(N)(F)c1ccccc1. The van der Waals surface area contributed by atoms with E-state index in [1.807, 2.05) is 0 Å². The van der Waals surface area contributed by atoms with Gasteiger partial charge in [-0.05, 0) is 0 Å². The van der Waals surface area contributed by atoms with Gasteiger partial charge in [0.15, 0.2) is 0 Å². The summed E-state index contributed by atoms with van der Waals surface area (Å²) in [6, 6.07) is 6.99. The molecule has 0 bridgehead atoms. The molecule has 1 aromatic rings. The molecule has 72 valence electrons. The molecule has 1 aromatic carbocycles. The van der Waals surface area contributed by atoms with Crippen LogP contribution < -0.4 is 5.73 Å². The number of alkyl halides is 3. The summed E-state index contributed by atoms with van der Waals surface area (Å²) in [5.41, 5.74) is 4.68. The lowest BCUT2D eigenvalue weighted by molar-refractivity contribution is -0.126. The van der Waals surface area contributed by atoms with Crippen LogP contribution in [0.1, 0.15) is 12.5 Å². The Bertz CT molecular complexity index is 277. The maximum absolute atomic E-state index is 13.4. The van der Waals surface area contributed by atoms with Gasteiger partial charge < -0.3 is 0 Å². The highest BCUT2D eigenvalue weighted by Gasteiger charge is 2.49. The van der Waals surface area contributed by atoms with Crippen LogP contribution in [-0.4, -0.2) is 5.92 Å². The van der Waals surface area contributed by atoms with Crippen LogP contribution >= 0.6 is 0 Å². The number of benzene rings is 1. The molecule has 1 rings (SSSR count). The number of rotatable bonds is 2. The average molecular weight is 189 g/mol. The van der Waals surface area contributed by atoms with Crippen LogP contribution in [0.25, 0.3) is 0 Å². The predicted octanol–water partition coefficient (Wildman–Crippen LogP) is 2.42. The summed E-state index contributed by atoms with van der Waals surface area (Å²) < 4.78 is 38.7. The third-order valence-electron chi connectivity index (χ3n) is 1.83. The molecule has 0 aliphatic rings. The lowest BCUT2D eigenvalue weighted by Gasteiger charge is -2.26. The molecule has 0 saturated carbocycles. The summed E-state index contributed by atoms with van der Waals surface area (Å²) in [7, 11) is 0. The molecular weight excluding hydrogens is 179 g/mol. The lowest BCUT2D eigenvalue weighted by atomic mass is 10.00. The van der Waals surface area contributed by atoms with Gasteiger partial charge in [0, 0.05) is 12.5 Å². The van der Waals surface area contributed by atoms with E-state index in [9.17, 15) is 13.2 Å². The zero-order valence-corrected chi connectivity index (χ0v) is 7.10. The second kappa shape index (κ2) is 3.03. The van der Waals surface area contributed by atoms with Crippen molar-refractivity contribution in [1.29, 1.82) is 0 Å². The number of nitrogens with two attached hydrogens (primary N) is 1. The third-order valence-corrected chi connectivity index (χ3v) is 1.83. The molecule has 0 spiro atoms. The molecule has 2 N–H and O–H groups in total. The van der Waals surface area contributed by atoms with Crippen LogP contribution in [0.5, 0.6) is 0 Å². The van der Waals surface area contributed by atoms with Crippen molar-refractivity contribution in [1.82, 2.24) is 0 Å². The Hall–Kier alpha value is -1.03. The van der Waals surface area contributed by atoms with Crippen molar-refractivity contribution in [2.45, 2.75) is 18.6 Å². The predicted molar refractivity (Wildman–Crippen MR) is 44.0 cm³/mol. The highest BCUT2D eigenvalue weighted by atomic mass is 19.3. The van der Waals surface area contributed by atoms with E-state index in [4.69, 9.17) is 5.73 Å². The molecule has 0 radical (unpaired) electrons. The molecule has 0 aliphatic heterocycles. The zero-order valence-electron chi connectivity index (χ0n) is 7.10. The van der Waals surface area contributed by atoms with Crippen molar-refractivity contribution in [2.75, 3.05) is 0 Å². The molecule has 1 nitrogen and oxygen atoms in total. The van der Waals surface area contributed by atoms with Gasteiger partial charge in [0.05, 0.1) is 0 Å². The van der Waals surface area contributed by atoms with Crippen molar-refractivity contribution in [2.24, 2.45) is 5.73 Å². The Labute approximate surface area is 74.4 Å². The van der Waals surface area contributed by atoms with E-state index in [0.717, 1.165) is 0 Å². The first kappa shape index (κ1) is 10.1. The molecule has 4 heteroatoms. The van der Waals surface area contributed by atoms with Gasteiger partial charge in [-0.1, -0.05) is 30.3 Å². The second-order valence-corrected chi connectivity index (χ2v) is 2.97. The second-order valence-electron chi connectivity index (χ2n) is 2.97. The molecule has 0 heterocycles. The molecule has 0 aliphatic carbocycles. The molecule has 1 unspecified atom stereocenters. The topological polar surface area (TPSA) is 26.0 Å². The maximum Gasteiger partial charge on any atom is 0.296 e. The van der Waals surface area contributed by atoms with Gasteiger partial charge in [-0.3, -0.25) is 5.73 Å². The monoisotopic (exact) mass is 189 g/mol. The first-order chi connectivity index (χ1) is 5.86. The maximum atomic E-state index is 13.4. The van der Waals surface area contributed by atoms with Crippen LogP contribution in [0, 0.1) is 0 Å². The Kier molecular flexibility index (Phi) is 2.34. The first-order valence-corrected chi connectivity index (χ1v) is 3.77. The van der Waals surface area contributed by atoms with Crippen LogP contribution in [0.2, 0.25) is 0 Å². The van der Waals surface area contributed by atoms with Gasteiger partial charge >= 0.3 is 0 Å². The standard InChI is InChI=1S/C9H10F3N/c1-8(10,11)9(12,13)7-5-3-2-4-6-7/h2-6H,13H2,1H3. The van der Waals surface area contributed by atoms with Gasteiger partial charge in [0.1, 0.15) is 0 Å². The summed E-state index contributed by atoms with van der Waals surface area (Å²) in [5, 5.41) is 0. The van der Waals surface area contributed by atoms with Crippen molar-refractivity contribution in [3.63, 3.8) is 0 Å². The van der Waals surface area contributed by atoms with Gasteiger partial charge in [0.2, 0.25) is 5.79 Å². The quantitative estimate of drug-likeness (QED) is 0.710. The molecule has 0 amide bonds. The normalized spacial score (nSPS) is 16.7. The van der Waals surface area contributed by atoms with Crippen LogP contribution in [0.4, 0.5) is 13.2 Å². The summed E-state index contributed by atoms with van der Waals surface area (Å²) in [6.07, 6.45) is 0. The van der Waals surface area contributed by atoms with Crippen LogP contribution in [0.3, 0.4) is 0 Å². The Morgan fingerprint density at radius 2 is 1.54 bits per heavy atom. The van der Waals surface area contributed by atoms with E-state index in [0.29, 0.717) is 6.92 Å². The molecule has 0 aromatic heterocycles. The Morgan fingerprint density at radius 3 is 1.92 bits per heavy atom. The largest absolute Gasteiger partial charge is 0.296 e. The van der Waals surface area contributed by atoms with E-state index in [1.165, 1.54) is 24.3 Å². The number of halogens is 3. The molecule has 0 saturated heterocycles. The van der Waals surface area contributed by atoms with Crippen LogP contribution in [-0.2, 0) is 5.79 Å². The van der Waals surface area contributed by atoms with Crippen molar-refractivity contribution >= 4 is 0 Å². The highest BCUT2D eigenvalue weighted by molar-refractivity contribution is 5.23. The summed E-state index contributed by atoms with van der Waals surface area (Å²) in [6.45, 7) is 0.458. The van der Waals surface area contributed by atoms with E-state index in [-0.39, 0.29) is 5.56 Å². The minimum absolute atomic E-state index is 0.220. The Morgan fingerprint density at radius 1 is 1.08 bits per heavy atom. The summed E-state index contributed by atoms with van der Waals surface area (Å²) >= 11 is 0. The molecule has 13 heavy (non-hydrogen) atoms.